The molecule has 0 amide bonds. The van der Waals surface area contributed by atoms with Crippen molar-refractivity contribution in [2.45, 2.75) is 0 Å². The summed E-state index contributed by atoms with van der Waals surface area (Å²) in [6.45, 7) is 0. The van der Waals surface area contributed by atoms with Gasteiger partial charge in [0.2, 0.25) is 0 Å². The maximum absolute atomic E-state index is 8.46. The minimum atomic E-state index is -0.833. The third-order valence-corrected chi connectivity index (χ3v) is 0. The Bertz CT molecular complexity index is 50.4. The van der Waals surface area contributed by atoms with E-state index in [0.29, 0.717) is 0 Å². The van der Waals surface area contributed by atoms with Crippen LogP contribution in [0.1, 0.15) is 0 Å². The molecule has 62 valence electrons. The van der Waals surface area contributed by atoms with E-state index >= 15 is 0 Å². The number of hydrogen-bond acceptors (Lipinski definition) is 3. The van der Waals surface area contributed by atoms with Gasteiger partial charge in [-0.15, -0.1) is 0 Å². The Balaban J connectivity index is -0.0000000150. The van der Waals surface area contributed by atoms with E-state index in [1.54, 1.807) is 0 Å². The van der Waals surface area contributed by atoms with Gasteiger partial charge < -0.3 is 20.2 Å². The quantitative estimate of drug-likeness (QED) is 0.377. The Hall–Kier alpha value is 0.672. The summed E-state index contributed by atoms with van der Waals surface area (Å²) < 4.78 is 25.4. The van der Waals surface area contributed by atoms with Crippen LogP contribution in [0.2, 0.25) is 0 Å². The average molecular weight is 237 g/mol. The van der Waals surface area contributed by atoms with E-state index in [1.807, 2.05) is 0 Å². The molecule has 0 aliphatic heterocycles. The molecule has 0 fully saturated rings. The minimum Gasteiger partial charge on any atom is -0.412 e. The Morgan fingerprint density at radius 1 is 0.727 bits per heavy atom. The molecule has 0 aliphatic carbocycles. The van der Waals surface area contributed by atoms with Crippen LogP contribution in [0.15, 0.2) is 0 Å². The van der Waals surface area contributed by atoms with Crippen molar-refractivity contribution in [2.24, 2.45) is 0 Å². The van der Waals surface area contributed by atoms with Crippen molar-refractivity contribution in [3.63, 3.8) is 0 Å². The van der Waals surface area contributed by atoms with Crippen LogP contribution in [0.25, 0.3) is 0 Å². The maximum atomic E-state index is 8.46. The summed E-state index contributed by atoms with van der Waals surface area (Å²) in [6, 6.07) is 0. The molecule has 0 aromatic heterocycles. The molecule has 0 radical (unpaired) electrons. The summed E-state index contributed by atoms with van der Waals surface area (Å²) in [5.41, 5.74) is 0. The zero-order chi connectivity index (χ0) is 8.12. The predicted octanol–water partition coefficient (Wildman–Crippen LogP) is -0.649. The summed E-state index contributed by atoms with van der Waals surface area (Å²) in [4.78, 5) is 21.0. The summed E-state index contributed by atoms with van der Waals surface area (Å²) in [6.07, 6.45) is 0. The minimum absolute atomic E-state index is 0. The van der Waals surface area contributed by atoms with E-state index in [9.17, 15) is 0 Å². The van der Waals surface area contributed by atoms with Crippen LogP contribution in [-0.4, -0.2) is 37.5 Å². The number of rotatable bonds is 0. The predicted molar refractivity (Wildman–Crippen MR) is 38.8 cm³/mol. The normalized spacial score (nSPS) is 5.73. The topological polar surface area (TPSA) is 143 Å². The van der Waals surface area contributed by atoms with E-state index in [2.05, 4.69) is 0 Å². The van der Waals surface area contributed by atoms with Gasteiger partial charge >= 0.3 is 43.4 Å². The van der Waals surface area contributed by atoms with Crippen molar-refractivity contribution in [3.8, 4) is 0 Å². The maximum Gasteiger partial charge on any atom is 3.00 e. The molecule has 0 heterocycles. The van der Waals surface area contributed by atoms with E-state index < -0.39 is 26.1 Å². The molecule has 11 heavy (non-hydrogen) atoms. The second-order valence-corrected chi connectivity index (χ2v) is 0.735. The number of hydrogen-bond donors (Lipinski definition) is 3. The zero-order valence-corrected chi connectivity index (χ0v) is 8.82. The molecule has 0 rings (SSSR count). The summed E-state index contributed by atoms with van der Waals surface area (Å²) >= 11 is 0. The van der Waals surface area contributed by atoms with Gasteiger partial charge in [0.25, 0.3) is 0 Å². The van der Waals surface area contributed by atoms with Gasteiger partial charge in [0.1, 0.15) is 0 Å². The van der Waals surface area contributed by atoms with Crippen LogP contribution in [-0.2, 0) is 13.7 Å². The first-order valence-electron chi connectivity index (χ1n) is 1.15. The standard InChI is InChI=1S/Al.3HO2P.H2O/c;3*1-3-2;/h;3*(H,1,2);1H2/q+3;;;;. The molecule has 11 heteroatoms. The van der Waals surface area contributed by atoms with Crippen LogP contribution >= 0.6 is 26.1 Å². The molecular formula is H5AlO7P3+3. The van der Waals surface area contributed by atoms with Gasteiger partial charge in [-0.1, -0.05) is 0 Å². The fourth-order valence-corrected chi connectivity index (χ4v) is 0. The first kappa shape index (κ1) is 29.9. The molecule has 0 unspecified atom stereocenters. The third-order valence-electron chi connectivity index (χ3n) is 0. The Morgan fingerprint density at radius 3 is 0.727 bits per heavy atom. The van der Waals surface area contributed by atoms with Crippen LogP contribution in [0.3, 0.4) is 0 Å². The smallest absolute Gasteiger partial charge is 0.412 e. The largest absolute Gasteiger partial charge is 3.00 e. The van der Waals surface area contributed by atoms with Crippen molar-refractivity contribution in [2.75, 3.05) is 0 Å². The molecule has 0 aromatic carbocycles. The monoisotopic (exact) mass is 237 g/mol. The molecule has 0 saturated carbocycles. The van der Waals surface area contributed by atoms with E-state index in [-0.39, 0.29) is 22.8 Å². The van der Waals surface area contributed by atoms with Crippen LogP contribution < -0.4 is 0 Å². The first-order chi connectivity index (χ1) is 4.24. The van der Waals surface area contributed by atoms with Crippen LogP contribution in [0.5, 0.6) is 0 Å². The molecule has 0 atom stereocenters. The van der Waals surface area contributed by atoms with Gasteiger partial charge in [0.05, 0.1) is 0 Å². The van der Waals surface area contributed by atoms with Gasteiger partial charge in [0, 0.05) is 0 Å². The molecule has 0 bridgehead atoms. The summed E-state index contributed by atoms with van der Waals surface area (Å²) in [5.74, 6) is 0. The second-order valence-electron chi connectivity index (χ2n) is 0.245. The SMILES string of the molecule is O.O=PO.O=PO.O=PO.[Al+3]. The van der Waals surface area contributed by atoms with Gasteiger partial charge in [-0.3, -0.25) is 0 Å². The van der Waals surface area contributed by atoms with Crippen molar-refractivity contribution in [1.82, 2.24) is 0 Å². The van der Waals surface area contributed by atoms with Crippen LogP contribution in [0, 0.1) is 0 Å². The van der Waals surface area contributed by atoms with E-state index in [0.717, 1.165) is 0 Å². The fourth-order valence-electron chi connectivity index (χ4n) is 0. The molecule has 0 aromatic rings. The fraction of sp³-hybridized carbons (Fsp3) is 0. The summed E-state index contributed by atoms with van der Waals surface area (Å²) in [5, 5.41) is 0. The van der Waals surface area contributed by atoms with Crippen molar-refractivity contribution < 1.29 is 33.9 Å². The molecule has 5 N–H and O–H groups in total. The summed E-state index contributed by atoms with van der Waals surface area (Å²) in [7, 11) is -2.50. The Labute approximate surface area is 77.7 Å². The first-order valence-corrected chi connectivity index (χ1v) is 3.44. The van der Waals surface area contributed by atoms with E-state index in [1.165, 1.54) is 0 Å². The van der Waals surface area contributed by atoms with Crippen molar-refractivity contribution in [3.05, 3.63) is 0 Å². The molecule has 0 saturated heterocycles. The van der Waals surface area contributed by atoms with Crippen molar-refractivity contribution in [1.29, 1.82) is 0 Å². The van der Waals surface area contributed by atoms with Gasteiger partial charge in [0.15, 0.2) is 0 Å². The Morgan fingerprint density at radius 2 is 0.727 bits per heavy atom. The zero-order valence-electron chi connectivity index (χ0n) is 4.99. The van der Waals surface area contributed by atoms with Crippen LogP contribution in [0.4, 0.5) is 0 Å². The molecular weight excluding hydrogens is 232 g/mol. The molecule has 7 nitrogen and oxygen atoms in total. The molecule has 0 aliphatic rings. The van der Waals surface area contributed by atoms with Gasteiger partial charge in [-0.05, 0) is 0 Å². The van der Waals surface area contributed by atoms with Crippen molar-refractivity contribution >= 4 is 43.4 Å². The van der Waals surface area contributed by atoms with E-state index in [4.69, 9.17) is 28.4 Å². The molecule has 0 spiro atoms. The third kappa shape index (κ3) is 1780. The van der Waals surface area contributed by atoms with Gasteiger partial charge in [-0.2, -0.15) is 0 Å². The Kier molecular flexibility index (Phi) is 201. The average Bonchev–Trinajstić information content (AvgIpc) is 1.70. The second kappa shape index (κ2) is 74.0. The van der Waals surface area contributed by atoms with Gasteiger partial charge in [-0.25, -0.2) is 13.7 Å².